The summed E-state index contributed by atoms with van der Waals surface area (Å²) in [5.74, 6) is 0.0763. The van der Waals surface area contributed by atoms with Crippen molar-refractivity contribution in [1.82, 2.24) is 0 Å². The summed E-state index contributed by atoms with van der Waals surface area (Å²) < 4.78 is 19.7. The van der Waals surface area contributed by atoms with Crippen LogP contribution in [-0.2, 0) is 14.9 Å². The van der Waals surface area contributed by atoms with Gasteiger partial charge >= 0.3 is 6.09 Å². The predicted octanol–water partition coefficient (Wildman–Crippen LogP) is 3.96. The Morgan fingerprint density at radius 3 is 2.60 bits per heavy atom. The van der Waals surface area contributed by atoms with Gasteiger partial charge in [0.15, 0.2) is 0 Å². The maximum atomic E-state index is 14.6. The Bertz CT molecular complexity index is 761. The average molecular weight is 346 g/mol. The first-order valence-electron chi connectivity index (χ1n) is 8.86. The van der Waals surface area contributed by atoms with E-state index in [0.717, 1.165) is 31.2 Å². The molecule has 1 aromatic rings. The highest BCUT2D eigenvalue weighted by Gasteiger charge is 2.59. The molecule has 0 radical (unpaired) electrons. The van der Waals surface area contributed by atoms with Crippen molar-refractivity contribution in [1.29, 1.82) is 0 Å². The largest absolute Gasteiger partial charge is 0.444 e. The molecule has 0 aromatic heterocycles. The Morgan fingerprint density at radius 1 is 1.36 bits per heavy atom. The zero-order valence-corrected chi connectivity index (χ0v) is 14.8. The van der Waals surface area contributed by atoms with Crippen LogP contribution in [0.1, 0.15) is 52.0 Å². The van der Waals surface area contributed by atoms with Crippen LogP contribution in [0.3, 0.4) is 0 Å². The molecule has 6 heteroatoms. The molecule has 2 saturated carbocycles. The molecular weight excluding hydrogens is 323 g/mol. The fraction of sp³-hybridized carbons (Fsp3) is 0.579. The van der Waals surface area contributed by atoms with Crippen molar-refractivity contribution in [2.24, 2.45) is 5.92 Å². The topological polar surface area (TPSA) is 58.6 Å². The Balaban J connectivity index is 1.63. The highest BCUT2D eigenvalue weighted by molar-refractivity contribution is 6.10. The number of nitrogens with one attached hydrogen (secondary N) is 1. The monoisotopic (exact) mass is 346 g/mol. The van der Waals surface area contributed by atoms with Crippen LogP contribution in [0, 0.1) is 11.7 Å². The van der Waals surface area contributed by atoms with Gasteiger partial charge in [-0.1, -0.05) is 0 Å². The van der Waals surface area contributed by atoms with Crippen molar-refractivity contribution in [3.05, 3.63) is 23.5 Å². The number of rotatable bonds is 3. The lowest BCUT2D eigenvalue weighted by atomic mass is 9.97. The van der Waals surface area contributed by atoms with Crippen LogP contribution in [0.5, 0.6) is 0 Å². The zero-order valence-electron chi connectivity index (χ0n) is 14.8. The molecule has 5 nitrogen and oxygen atoms in total. The fourth-order valence-electron chi connectivity index (χ4n) is 3.51. The molecule has 4 rings (SSSR count). The molecule has 2 fully saturated rings. The first-order valence-corrected chi connectivity index (χ1v) is 8.86. The van der Waals surface area contributed by atoms with Crippen molar-refractivity contribution in [3.63, 3.8) is 0 Å². The highest BCUT2D eigenvalue weighted by atomic mass is 19.1. The molecule has 1 N–H and O–H groups in total. The number of ether oxygens (including phenoxy) is 1. The second kappa shape index (κ2) is 5.19. The van der Waals surface area contributed by atoms with Gasteiger partial charge in [-0.05, 0) is 64.0 Å². The van der Waals surface area contributed by atoms with Gasteiger partial charge in [0.2, 0.25) is 5.91 Å². The van der Waals surface area contributed by atoms with E-state index in [1.807, 2.05) is 0 Å². The number of hydrogen-bond donors (Lipinski definition) is 1. The second-order valence-corrected chi connectivity index (χ2v) is 8.42. The lowest BCUT2D eigenvalue weighted by molar-refractivity contribution is -0.120. The van der Waals surface area contributed by atoms with Crippen LogP contribution in [0.15, 0.2) is 12.1 Å². The number of carbonyl (C=O) groups excluding carboxylic acids is 2. The van der Waals surface area contributed by atoms with E-state index in [0.29, 0.717) is 18.2 Å². The highest BCUT2D eigenvalue weighted by Crippen LogP contribution is 2.58. The van der Waals surface area contributed by atoms with Crippen LogP contribution in [-0.4, -0.2) is 24.1 Å². The van der Waals surface area contributed by atoms with E-state index in [9.17, 15) is 14.0 Å². The molecule has 134 valence electrons. The van der Waals surface area contributed by atoms with Crippen molar-refractivity contribution in [2.45, 2.75) is 57.5 Å². The van der Waals surface area contributed by atoms with Gasteiger partial charge in [0.1, 0.15) is 11.4 Å². The summed E-state index contributed by atoms with van der Waals surface area (Å²) in [7, 11) is 0. The summed E-state index contributed by atoms with van der Waals surface area (Å²) in [6.45, 7) is 5.92. The smallest absolute Gasteiger partial charge is 0.412 e. The molecule has 1 heterocycles. The van der Waals surface area contributed by atoms with E-state index >= 15 is 0 Å². The van der Waals surface area contributed by atoms with Gasteiger partial charge < -0.3 is 9.64 Å². The first kappa shape index (κ1) is 16.4. The number of hydrogen-bond acceptors (Lipinski definition) is 3. The molecule has 1 spiro atoms. The van der Waals surface area contributed by atoms with Crippen LogP contribution in [0.4, 0.5) is 20.6 Å². The maximum absolute atomic E-state index is 14.6. The Kier molecular flexibility index (Phi) is 3.40. The number of benzene rings is 1. The zero-order chi connectivity index (χ0) is 18.0. The minimum absolute atomic E-state index is 0.0698. The van der Waals surface area contributed by atoms with Crippen LogP contribution in [0.25, 0.3) is 0 Å². The summed E-state index contributed by atoms with van der Waals surface area (Å²) in [6, 6.07) is 3.00. The number of nitrogens with zero attached hydrogens (tertiary/aromatic N) is 1. The molecule has 25 heavy (non-hydrogen) atoms. The van der Waals surface area contributed by atoms with Crippen molar-refractivity contribution in [2.75, 3.05) is 16.8 Å². The standard InChI is InChI=1S/C19H23FN2O3/c1-18(2,3)25-17(24)21-14-8-12-15(9-13(14)20)22(10-11-4-5-11)16(23)19(12)6-7-19/h8-9,11H,4-7,10H2,1-3H3,(H,21,24). The van der Waals surface area contributed by atoms with Gasteiger partial charge in [-0.2, -0.15) is 0 Å². The average Bonchev–Trinajstić information content (AvgIpc) is 3.38. The van der Waals surface area contributed by atoms with Gasteiger partial charge in [-0.25, -0.2) is 9.18 Å². The number of amides is 2. The summed E-state index contributed by atoms with van der Waals surface area (Å²) in [6.07, 6.45) is 3.14. The minimum atomic E-state index is -0.699. The van der Waals surface area contributed by atoms with Crippen LogP contribution >= 0.6 is 0 Å². The molecule has 0 atom stereocenters. The predicted molar refractivity (Wildman–Crippen MR) is 92.2 cm³/mol. The summed E-state index contributed by atoms with van der Waals surface area (Å²) >= 11 is 0. The third kappa shape index (κ3) is 2.87. The number of halogens is 1. The third-order valence-corrected chi connectivity index (χ3v) is 5.07. The SMILES string of the molecule is CC(C)(C)OC(=O)Nc1cc2c(cc1F)N(CC1CC1)C(=O)C21CC1. The Labute approximate surface area is 146 Å². The molecule has 0 bridgehead atoms. The molecule has 3 aliphatic rings. The van der Waals surface area contributed by atoms with E-state index in [4.69, 9.17) is 4.74 Å². The van der Waals surface area contributed by atoms with Crippen molar-refractivity contribution >= 4 is 23.4 Å². The number of carbonyl (C=O) groups is 2. The molecule has 1 aliphatic heterocycles. The molecule has 1 aromatic carbocycles. The number of anilines is 2. The summed E-state index contributed by atoms with van der Waals surface area (Å²) in [5.41, 5.74) is 0.418. The first-order chi connectivity index (χ1) is 11.7. The quantitative estimate of drug-likeness (QED) is 0.901. The van der Waals surface area contributed by atoms with Crippen LogP contribution < -0.4 is 10.2 Å². The van der Waals surface area contributed by atoms with Gasteiger partial charge in [-0.15, -0.1) is 0 Å². The molecule has 2 aliphatic carbocycles. The molecule has 0 saturated heterocycles. The van der Waals surface area contributed by atoms with Gasteiger partial charge in [0.05, 0.1) is 16.8 Å². The lowest BCUT2D eigenvalue weighted by Crippen LogP contribution is -2.33. The number of fused-ring (bicyclic) bond motifs is 2. The molecular formula is C19H23FN2O3. The third-order valence-electron chi connectivity index (χ3n) is 5.07. The van der Waals surface area contributed by atoms with Gasteiger partial charge in [0.25, 0.3) is 0 Å². The van der Waals surface area contributed by atoms with Gasteiger partial charge in [0, 0.05) is 12.6 Å². The van der Waals surface area contributed by atoms with E-state index in [2.05, 4.69) is 5.32 Å². The van der Waals surface area contributed by atoms with E-state index in [-0.39, 0.29) is 11.6 Å². The lowest BCUT2D eigenvalue weighted by Gasteiger charge is -2.20. The minimum Gasteiger partial charge on any atom is -0.444 e. The van der Waals surface area contributed by atoms with Crippen LogP contribution in [0.2, 0.25) is 0 Å². The van der Waals surface area contributed by atoms with E-state index in [1.165, 1.54) is 6.07 Å². The van der Waals surface area contributed by atoms with Crippen molar-refractivity contribution in [3.8, 4) is 0 Å². The summed E-state index contributed by atoms with van der Waals surface area (Å²) in [5, 5.41) is 2.48. The van der Waals surface area contributed by atoms with Crippen molar-refractivity contribution < 1.29 is 18.7 Å². The van der Waals surface area contributed by atoms with E-state index < -0.39 is 22.9 Å². The van der Waals surface area contributed by atoms with E-state index in [1.54, 1.807) is 31.7 Å². The molecule has 0 unspecified atom stereocenters. The maximum Gasteiger partial charge on any atom is 0.412 e. The Hall–Kier alpha value is -2.11. The van der Waals surface area contributed by atoms with Gasteiger partial charge in [-0.3, -0.25) is 10.1 Å². The molecule has 2 amide bonds. The Morgan fingerprint density at radius 2 is 2.04 bits per heavy atom. The summed E-state index contributed by atoms with van der Waals surface area (Å²) in [4.78, 5) is 26.5. The normalized spacial score (nSPS) is 20.6. The second-order valence-electron chi connectivity index (χ2n) is 8.42. The fourth-order valence-corrected chi connectivity index (χ4v) is 3.51.